The van der Waals surface area contributed by atoms with Gasteiger partial charge in [0.2, 0.25) is 0 Å². The number of methoxy groups -OCH3 is 1. The Kier molecular flexibility index (Phi) is 4.79. The molecule has 3 nitrogen and oxygen atoms in total. The van der Waals surface area contributed by atoms with Gasteiger partial charge in [0.25, 0.3) is 0 Å². The Labute approximate surface area is 110 Å². The predicted molar refractivity (Wildman–Crippen MR) is 72.0 cm³/mol. The topological polar surface area (TPSA) is 29.3 Å². The average Bonchev–Trinajstić information content (AvgIpc) is 2.92. The van der Waals surface area contributed by atoms with Gasteiger partial charge in [-0.2, -0.15) is 0 Å². The van der Waals surface area contributed by atoms with Crippen LogP contribution in [0.15, 0.2) is 0 Å². The van der Waals surface area contributed by atoms with E-state index in [1.54, 1.807) is 5.71 Å². The van der Waals surface area contributed by atoms with Gasteiger partial charge in [0.05, 0.1) is 13.0 Å². The van der Waals surface area contributed by atoms with Gasteiger partial charge in [-0.25, -0.2) is 4.58 Å². The number of nitrogens with zero attached hydrogens (tertiary/aromatic N) is 1. The van der Waals surface area contributed by atoms with Crippen molar-refractivity contribution in [1.82, 2.24) is 0 Å². The lowest BCUT2D eigenvalue weighted by Crippen LogP contribution is -2.31. The predicted octanol–water partition coefficient (Wildman–Crippen LogP) is 2.62. The largest absolute Gasteiger partial charge is 0.469 e. The maximum absolute atomic E-state index is 11.6. The molecule has 1 saturated carbocycles. The van der Waals surface area contributed by atoms with Crippen LogP contribution in [0.4, 0.5) is 0 Å². The van der Waals surface area contributed by atoms with Gasteiger partial charge in [-0.15, -0.1) is 0 Å². The fourth-order valence-corrected chi connectivity index (χ4v) is 3.47. The number of rotatable bonds is 3. The van der Waals surface area contributed by atoms with E-state index in [2.05, 4.69) is 4.58 Å². The Morgan fingerprint density at radius 3 is 2.72 bits per heavy atom. The van der Waals surface area contributed by atoms with Crippen molar-refractivity contribution in [3.63, 3.8) is 0 Å². The first kappa shape index (κ1) is 13.6. The summed E-state index contributed by atoms with van der Waals surface area (Å²) in [6.07, 6.45) is 8.79. The number of hydrogen-bond acceptors (Lipinski definition) is 2. The highest BCUT2D eigenvalue weighted by Gasteiger charge is 2.32. The summed E-state index contributed by atoms with van der Waals surface area (Å²) in [6.45, 7) is 4.47. The van der Waals surface area contributed by atoms with Crippen molar-refractivity contribution in [3.05, 3.63) is 0 Å². The third-order valence-corrected chi connectivity index (χ3v) is 4.46. The van der Waals surface area contributed by atoms with Crippen LogP contribution in [0.5, 0.6) is 0 Å². The second-order valence-electron chi connectivity index (χ2n) is 5.79. The first-order valence-corrected chi connectivity index (χ1v) is 7.41. The van der Waals surface area contributed by atoms with Gasteiger partial charge in [-0.1, -0.05) is 13.3 Å². The summed E-state index contributed by atoms with van der Waals surface area (Å²) < 4.78 is 7.44. The Balaban J connectivity index is 2.04. The van der Waals surface area contributed by atoms with Crippen LogP contribution in [0, 0.1) is 11.8 Å². The van der Waals surface area contributed by atoms with E-state index in [9.17, 15) is 4.79 Å². The minimum Gasteiger partial charge on any atom is -0.469 e. The van der Waals surface area contributed by atoms with Crippen molar-refractivity contribution in [2.24, 2.45) is 11.8 Å². The lowest BCUT2D eigenvalue weighted by Gasteiger charge is -2.24. The van der Waals surface area contributed by atoms with Crippen LogP contribution in [0.3, 0.4) is 0 Å². The minimum atomic E-state index is -0.0543. The van der Waals surface area contributed by atoms with E-state index in [1.807, 2.05) is 6.92 Å². The highest BCUT2D eigenvalue weighted by Crippen LogP contribution is 2.28. The van der Waals surface area contributed by atoms with Gasteiger partial charge in [-0.3, -0.25) is 4.79 Å². The van der Waals surface area contributed by atoms with Crippen LogP contribution in [0.1, 0.15) is 51.9 Å². The van der Waals surface area contributed by atoms with Crippen LogP contribution in [0.25, 0.3) is 0 Å². The molecule has 2 rings (SSSR count). The maximum Gasteiger partial charge on any atom is 0.308 e. The van der Waals surface area contributed by atoms with Crippen molar-refractivity contribution in [2.45, 2.75) is 51.9 Å². The Bertz CT molecular complexity index is 327. The van der Waals surface area contributed by atoms with E-state index in [1.165, 1.54) is 58.7 Å². The lowest BCUT2D eigenvalue weighted by atomic mass is 9.81. The van der Waals surface area contributed by atoms with Gasteiger partial charge in [0, 0.05) is 25.2 Å². The normalized spacial score (nSPS) is 26.2. The molecule has 102 valence electrons. The van der Waals surface area contributed by atoms with E-state index in [4.69, 9.17) is 4.74 Å². The second kappa shape index (κ2) is 6.35. The van der Waals surface area contributed by atoms with Crippen molar-refractivity contribution in [2.75, 3.05) is 20.2 Å². The van der Waals surface area contributed by atoms with E-state index < -0.39 is 0 Å². The van der Waals surface area contributed by atoms with Gasteiger partial charge in [-0.05, 0) is 19.3 Å². The molecule has 18 heavy (non-hydrogen) atoms. The number of ether oxygens (including phenoxy) is 1. The third kappa shape index (κ3) is 3.12. The van der Waals surface area contributed by atoms with Gasteiger partial charge in [0.1, 0.15) is 13.1 Å². The number of carbonyl (C=O) groups is 1. The molecule has 0 bridgehead atoms. The summed E-state index contributed by atoms with van der Waals surface area (Å²) in [5.41, 5.74) is 1.63. The average molecular weight is 252 g/mol. The molecule has 1 aliphatic heterocycles. The number of hydrogen-bond donors (Lipinski definition) is 0. The zero-order valence-electron chi connectivity index (χ0n) is 11.8. The van der Waals surface area contributed by atoms with Gasteiger partial charge in [0.15, 0.2) is 5.71 Å². The van der Waals surface area contributed by atoms with Crippen LogP contribution in [-0.4, -0.2) is 36.5 Å². The monoisotopic (exact) mass is 252 g/mol. The fourth-order valence-electron chi connectivity index (χ4n) is 3.47. The molecule has 2 unspecified atom stereocenters. The molecule has 0 aromatic carbocycles. The van der Waals surface area contributed by atoms with Crippen LogP contribution in [-0.2, 0) is 9.53 Å². The maximum atomic E-state index is 11.6. The quantitative estimate of drug-likeness (QED) is 0.571. The molecular weight excluding hydrogens is 226 g/mol. The van der Waals surface area contributed by atoms with Gasteiger partial charge >= 0.3 is 5.97 Å². The molecule has 2 fully saturated rings. The van der Waals surface area contributed by atoms with Crippen LogP contribution >= 0.6 is 0 Å². The lowest BCUT2D eigenvalue weighted by molar-refractivity contribution is -0.510. The van der Waals surface area contributed by atoms with E-state index in [0.29, 0.717) is 5.92 Å². The van der Waals surface area contributed by atoms with E-state index in [-0.39, 0.29) is 11.9 Å². The summed E-state index contributed by atoms with van der Waals surface area (Å²) in [4.78, 5) is 11.6. The first-order valence-electron chi connectivity index (χ1n) is 7.41. The van der Waals surface area contributed by atoms with Crippen molar-refractivity contribution in [3.8, 4) is 0 Å². The third-order valence-electron chi connectivity index (χ3n) is 4.46. The molecule has 2 aliphatic rings. The Morgan fingerprint density at radius 1 is 1.33 bits per heavy atom. The van der Waals surface area contributed by atoms with Crippen molar-refractivity contribution < 1.29 is 14.1 Å². The summed E-state index contributed by atoms with van der Waals surface area (Å²) >= 11 is 0. The molecule has 2 atom stereocenters. The summed E-state index contributed by atoms with van der Waals surface area (Å²) in [5, 5.41) is 0. The van der Waals surface area contributed by atoms with E-state index in [0.717, 1.165) is 6.42 Å². The molecular formula is C15H26NO2+. The highest BCUT2D eigenvalue weighted by atomic mass is 16.5. The highest BCUT2D eigenvalue weighted by molar-refractivity contribution is 5.83. The smallest absolute Gasteiger partial charge is 0.308 e. The minimum absolute atomic E-state index is 0.0377. The summed E-state index contributed by atoms with van der Waals surface area (Å²) in [7, 11) is 1.49. The first-order chi connectivity index (χ1) is 8.72. The molecule has 1 aliphatic carbocycles. The summed E-state index contributed by atoms with van der Waals surface area (Å²) in [5.74, 6) is 0.600. The Morgan fingerprint density at radius 2 is 2.06 bits per heavy atom. The molecule has 0 amide bonds. The zero-order valence-corrected chi connectivity index (χ0v) is 11.8. The molecule has 0 aromatic heterocycles. The molecule has 1 heterocycles. The molecule has 3 heteroatoms. The zero-order chi connectivity index (χ0) is 13.0. The SMILES string of the molecule is COC(=O)C(C)CC1CCCCC1=[N+]1CCCC1. The molecule has 0 N–H and O–H groups in total. The molecule has 0 radical (unpaired) electrons. The van der Waals surface area contributed by atoms with E-state index >= 15 is 0 Å². The summed E-state index contributed by atoms with van der Waals surface area (Å²) in [6, 6.07) is 0. The van der Waals surface area contributed by atoms with Crippen LogP contribution in [0.2, 0.25) is 0 Å². The van der Waals surface area contributed by atoms with Crippen LogP contribution < -0.4 is 0 Å². The number of esters is 1. The standard InChI is InChI=1S/C15H26NO2/c1-12(15(17)18-2)11-13-7-3-4-8-14(13)16-9-5-6-10-16/h12-13H,3-11H2,1-2H3/q+1. The second-order valence-corrected chi connectivity index (χ2v) is 5.79. The Hall–Kier alpha value is -0.860. The fraction of sp³-hybridized carbons (Fsp3) is 0.867. The molecule has 0 aromatic rings. The van der Waals surface area contributed by atoms with Crippen molar-refractivity contribution >= 4 is 11.7 Å². The van der Waals surface area contributed by atoms with Gasteiger partial charge < -0.3 is 4.74 Å². The molecule has 1 saturated heterocycles. The molecule has 0 spiro atoms. The number of carbonyl (C=O) groups excluding carboxylic acids is 1. The van der Waals surface area contributed by atoms with Crippen molar-refractivity contribution in [1.29, 1.82) is 0 Å².